The summed E-state index contributed by atoms with van der Waals surface area (Å²) in [5.74, 6) is 0.647. The van der Waals surface area contributed by atoms with Gasteiger partial charge in [-0.25, -0.2) is 0 Å². The summed E-state index contributed by atoms with van der Waals surface area (Å²) in [7, 11) is 2.02. The predicted octanol–water partition coefficient (Wildman–Crippen LogP) is 2.04. The topological polar surface area (TPSA) is 36.6 Å². The van der Waals surface area contributed by atoms with Gasteiger partial charge in [-0.1, -0.05) is 13.3 Å². The van der Waals surface area contributed by atoms with Gasteiger partial charge >= 0.3 is 0 Å². The van der Waals surface area contributed by atoms with Crippen LogP contribution in [0, 0.1) is 0 Å². The Morgan fingerprint density at radius 1 is 1.57 bits per heavy atom. The molecule has 0 aliphatic rings. The predicted molar refractivity (Wildman–Crippen MR) is 56.1 cm³/mol. The molecule has 1 N–H and O–H groups in total. The lowest BCUT2D eigenvalue weighted by atomic mass is 10.2. The highest BCUT2D eigenvalue weighted by Gasteiger charge is 2.12. The van der Waals surface area contributed by atoms with E-state index < -0.39 is 6.10 Å². The van der Waals surface area contributed by atoms with Crippen LogP contribution < -0.4 is 0 Å². The number of rotatable bonds is 6. The van der Waals surface area contributed by atoms with E-state index in [0.29, 0.717) is 12.3 Å². The van der Waals surface area contributed by atoms with Crippen LogP contribution in [0.3, 0.4) is 0 Å². The van der Waals surface area contributed by atoms with Crippen LogP contribution >= 0.6 is 0 Å². The Morgan fingerprint density at radius 3 is 2.93 bits per heavy atom. The van der Waals surface area contributed by atoms with Crippen molar-refractivity contribution in [1.82, 2.24) is 4.90 Å². The van der Waals surface area contributed by atoms with Crippen LogP contribution in [0.25, 0.3) is 0 Å². The second kappa shape index (κ2) is 5.83. The monoisotopic (exact) mass is 197 g/mol. The molecular formula is C11H19NO2. The molecule has 80 valence electrons. The van der Waals surface area contributed by atoms with Gasteiger partial charge in [0.15, 0.2) is 0 Å². The van der Waals surface area contributed by atoms with E-state index in [2.05, 4.69) is 11.8 Å². The molecule has 1 aromatic rings. The number of likely N-dealkylation sites (N-methyl/N-ethyl adjacent to an activating group) is 1. The maximum atomic E-state index is 9.74. The average Bonchev–Trinajstić information content (AvgIpc) is 2.67. The Bertz CT molecular complexity index is 233. The first-order valence-corrected chi connectivity index (χ1v) is 5.14. The van der Waals surface area contributed by atoms with Crippen molar-refractivity contribution >= 4 is 0 Å². The van der Waals surface area contributed by atoms with E-state index in [0.717, 1.165) is 6.54 Å². The first kappa shape index (κ1) is 11.3. The van der Waals surface area contributed by atoms with Gasteiger partial charge in [-0.05, 0) is 32.1 Å². The van der Waals surface area contributed by atoms with Crippen LogP contribution in [0.2, 0.25) is 0 Å². The number of hydrogen-bond donors (Lipinski definition) is 1. The van der Waals surface area contributed by atoms with E-state index in [4.69, 9.17) is 4.42 Å². The molecule has 0 aliphatic heterocycles. The fourth-order valence-electron chi connectivity index (χ4n) is 1.39. The molecule has 0 aromatic carbocycles. The Morgan fingerprint density at radius 2 is 2.36 bits per heavy atom. The van der Waals surface area contributed by atoms with Crippen molar-refractivity contribution in [2.24, 2.45) is 0 Å². The van der Waals surface area contributed by atoms with Crippen LogP contribution in [0.1, 0.15) is 31.6 Å². The molecule has 0 radical (unpaired) electrons. The number of nitrogens with zero attached hydrogens (tertiary/aromatic N) is 1. The zero-order valence-corrected chi connectivity index (χ0v) is 8.94. The molecule has 3 heteroatoms. The maximum absolute atomic E-state index is 9.74. The van der Waals surface area contributed by atoms with Gasteiger partial charge in [-0.15, -0.1) is 0 Å². The highest BCUT2D eigenvalue weighted by molar-refractivity contribution is 5.02. The fourth-order valence-corrected chi connectivity index (χ4v) is 1.39. The summed E-state index contributed by atoms with van der Waals surface area (Å²) >= 11 is 0. The minimum absolute atomic E-state index is 0.508. The van der Waals surface area contributed by atoms with Gasteiger partial charge in [-0.3, -0.25) is 0 Å². The molecule has 0 aliphatic carbocycles. The van der Waals surface area contributed by atoms with Crippen molar-refractivity contribution in [2.45, 2.75) is 25.9 Å². The second-order valence-electron chi connectivity index (χ2n) is 3.65. The summed E-state index contributed by atoms with van der Waals surface area (Å²) in [5.41, 5.74) is 0. The smallest absolute Gasteiger partial charge is 0.133 e. The highest BCUT2D eigenvalue weighted by atomic mass is 16.4. The summed E-state index contributed by atoms with van der Waals surface area (Å²) in [6.45, 7) is 3.82. The zero-order valence-electron chi connectivity index (χ0n) is 8.94. The van der Waals surface area contributed by atoms with Crippen LogP contribution in [-0.4, -0.2) is 30.1 Å². The number of furan rings is 1. The zero-order chi connectivity index (χ0) is 10.4. The Hall–Kier alpha value is -0.800. The van der Waals surface area contributed by atoms with E-state index in [1.807, 2.05) is 7.05 Å². The molecule has 0 fully saturated rings. The van der Waals surface area contributed by atoms with E-state index in [1.165, 1.54) is 12.8 Å². The summed E-state index contributed by atoms with van der Waals surface area (Å²) in [4.78, 5) is 2.12. The SMILES string of the molecule is CCCCN(C)CC(O)c1ccco1. The summed E-state index contributed by atoms with van der Waals surface area (Å²) in [6, 6.07) is 3.60. The molecule has 1 aromatic heterocycles. The lowest BCUT2D eigenvalue weighted by Gasteiger charge is -2.18. The Labute approximate surface area is 85.3 Å². The molecular weight excluding hydrogens is 178 g/mol. The van der Waals surface area contributed by atoms with Crippen LogP contribution in [0.5, 0.6) is 0 Å². The van der Waals surface area contributed by atoms with Gasteiger partial charge in [0, 0.05) is 6.54 Å². The normalized spacial score (nSPS) is 13.4. The quantitative estimate of drug-likeness (QED) is 0.758. The molecule has 0 saturated heterocycles. The van der Waals surface area contributed by atoms with Crippen LogP contribution in [0.15, 0.2) is 22.8 Å². The van der Waals surface area contributed by atoms with Gasteiger partial charge < -0.3 is 14.4 Å². The second-order valence-corrected chi connectivity index (χ2v) is 3.65. The average molecular weight is 197 g/mol. The number of unbranched alkanes of at least 4 members (excludes halogenated alkanes) is 1. The van der Waals surface area contributed by atoms with E-state index in [-0.39, 0.29) is 0 Å². The summed E-state index contributed by atoms with van der Waals surface area (Å²) in [5, 5.41) is 9.74. The minimum atomic E-state index is -0.508. The van der Waals surface area contributed by atoms with Crippen LogP contribution in [0.4, 0.5) is 0 Å². The Kier molecular flexibility index (Phi) is 4.70. The third-order valence-corrected chi connectivity index (χ3v) is 2.25. The van der Waals surface area contributed by atoms with Crippen molar-refractivity contribution in [2.75, 3.05) is 20.1 Å². The van der Waals surface area contributed by atoms with Gasteiger partial charge in [0.1, 0.15) is 11.9 Å². The molecule has 1 heterocycles. The first-order valence-electron chi connectivity index (χ1n) is 5.14. The van der Waals surface area contributed by atoms with Crippen molar-refractivity contribution in [1.29, 1.82) is 0 Å². The summed E-state index contributed by atoms with van der Waals surface area (Å²) in [6.07, 6.45) is 3.43. The van der Waals surface area contributed by atoms with Crippen molar-refractivity contribution in [3.63, 3.8) is 0 Å². The van der Waals surface area contributed by atoms with E-state index in [1.54, 1.807) is 18.4 Å². The van der Waals surface area contributed by atoms with Gasteiger partial charge in [0.05, 0.1) is 6.26 Å². The van der Waals surface area contributed by atoms with Crippen molar-refractivity contribution < 1.29 is 9.52 Å². The summed E-state index contributed by atoms with van der Waals surface area (Å²) < 4.78 is 5.12. The molecule has 1 unspecified atom stereocenters. The van der Waals surface area contributed by atoms with E-state index >= 15 is 0 Å². The van der Waals surface area contributed by atoms with Crippen LogP contribution in [-0.2, 0) is 0 Å². The highest BCUT2D eigenvalue weighted by Crippen LogP contribution is 2.13. The first-order chi connectivity index (χ1) is 6.74. The lowest BCUT2D eigenvalue weighted by molar-refractivity contribution is 0.105. The van der Waals surface area contributed by atoms with Crippen molar-refractivity contribution in [3.8, 4) is 0 Å². The Balaban J connectivity index is 2.29. The third-order valence-electron chi connectivity index (χ3n) is 2.25. The molecule has 0 saturated carbocycles. The third kappa shape index (κ3) is 3.52. The minimum Gasteiger partial charge on any atom is -0.467 e. The van der Waals surface area contributed by atoms with Gasteiger partial charge in [-0.2, -0.15) is 0 Å². The largest absolute Gasteiger partial charge is 0.467 e. The standard InChI is InChI=1S/C11H19NO2/c1-3-4-7-12(2)9-10(13)11-6-5-8-14-11/h5-6,8,10,13H,3-4,7,9H2,1-2H3. The fraction of sp³-hybridized carbons (Fsp3) is 0.636. The lowest BCUT2D eigenvalue weighted by Crippen LogP contribution is -2.25. The molecule has 0 bridgehead atoms. The molecule has 0 spiro atoms. The number of aliphatic hydroxyl groups excluding tert-OH is 1. The number of aliphatic hydroxyl groups is 1. The molecule has 1 rings (SSSR count). The molecule has 0 amide bonds. The molecule has 14 heavy (non-hydrogen) atoms. The molecule has 3 nitrogen and oxygen atoms in total. The molecule has 1 atom stereocenters. The maximum Gasteiger partial charge on any atom is 0.133 e. The number of hydrogen-bond acceptors (Lipinski definition) is 3. The van der Waals surface area contributed by atoms with Gasteiger partial charge in [0.2, 0.25) is 0 Å². The van der Waals surface area contributed by atoms with E-state index in [9.17, 15) is 5.11 Å². The van der Waals surface area contributed by atoms with Gasteiger partial charge in [0.25, 0.3) is 0 Å². The van der Waals surface area contributed by atoms with Crippen molar-refractivity contribution in [3.05, 3.63) is 24.2 Å².